The maximum Gasteiger partial charge on any atom is 0.306 e. The Labute approximate surface area is 338 Å². The predicted molar refractivity (Wildman–Crippen MR) is 228 cm³/mol. The molecule has 4 N–H and O–H groups in total. The van der Waals surface area contributed by atoms with Crippen molar-refractivity contribution in [3.8, 4) is 0 Å². The van der Waals surface area contributed by atoms with Crippen molar-refractivity contribution in [1.82, 2.24) is 0 Å². The van der Waals surface area contributed by atoms with E-state index in [1.165, 1.54) is 0 Å². The Morgan fingerprint density at radius 2 is 1.04 bits per heavy atom. The number of carbonyl (C=O) groups excluding carboxylic acids is 1. The maximum absolute atomic E-state index is 12.7. The average Bonchev–Trinajstić information content (AvgIpc) is 3.20. The van der Waals surface area contributed by atoms with E-state index in [2.05, 4.69) is 111 Å². The van der Waals surface area contributed by atoms with Crippen LogP contribution in [0.1, 0.15) is 117 Å². The van der Waals surface area contributed by atoms with E-state index in [4.69, 9.17) is 18.9 Å². The van der Waals surface area contributed by atoms with Gasteiger partial charge in [-0.25, -0.2) is 0 Å². The van der Waals surface area contributed by atoms with Crippen LogP contribution < -0.4 is 0 Å². The van der Waals surface area contributed by atoms with Crippen molar-refractivity contribution in [2.45, 2.75) is 153 Å². The molecule has 0 saturated carbocycles. The van der Waals surface area contributed by atoms with Gasteiger partial charge in [0.1, 0.15) is 30.5 Å². The molecule has 0 aromatic carbocycles. The molecule has 6 atom stereocenters. The van der Waals surface area contributed by atoms with Crippen LogP contribution in [0, 0.1) is 0 Å². The molecule has 0 aliphatic carbocycles. The highest BCUT2D eigenvalue weighted by atomic mass is 16.7. The molecule has 0 spiro atoms. The first-order valence-electron chi connectivity index (χ1n) is 21.0. The molecular weight excluding hydrogens is 709 g/mol. The van der Waals surface area contributed by atoms with Crippen LogP contribution >= 0.6 is 0 Å². The molecule has 1 aliphatic rings. The molecule has 0 aromatic heterocycles. The summed E-state index contributed by atoms with van der Waals surface area (Å²) in [6, 6.07) is 0. The molecule has 6 unspecified atom stereocenters. The highest BCUT2D eigenvalue weighted by molar-refractivity contribution is 5.69. The summed E-state index contributed by atoms with van der Waals surface area (Å²) >= 11 is 0. The normalized spacial score (nSPS) is 21.7. The number of rotatable bonds is 33. The van der Waals surface area contributed by atoms with Gasteiger partial charge in [0.2, 0.25) is 0 Å². The van der Waals surface area contributed by atoms with Gasteiger partial charge in [0.15, 0.2) is 6.29 Å². The number of hydrogen-bond acceptors (Lipinski definition) is 9. The lowest BCUT2D eigenvalue weighted by Crippen LogP contribution is -2.59. The van der Waals surface area contributed by atoms with Crippen LogP contribution in [0.25, 0.3) is 0 Å². The molecule has 1 fully saturated rings. The molecule has 1 heterocycles. The van der Waals surface area contributed by atoms with Gasteiger partial charge in [-0.2, -0.15) is 0 Å². The smallest absolute Gasteiger partial charge is 0.306 e. The summed E-state index contributed by atoms with van der Waals surface area (Å²) in [5, 5.41) is 40.0. The fourth-order valence-corrected chi connectivity index (χ4v) is 5.47. The topological polar surface area (TPSA) is 135 Å². The van der Waals surface area contributed by atoms with Crippen molar-refractivity contribution in [1.29, 1.82) is 0 Å². The summed E-state index contributed by atoms with van der Waals surface area (Å²) in [5.41, 5.74) is 0. The highest BCUT2D eigenvalue weighted by Gasteiger charge is 2.44. The molecule has 56 heavy (non-hydrogen) atoms. The van der Waals surface area contributed by atoms with Gasteiger partial charge in [-0.05, 0) is 83.5 Å². The van der Waals surface area contributed by atoms with E-state index in [-0.39, 0.29) is 19.6 Å². The van der Waals surface area contributed by atoms with E-state index in [0.29, 0.717) is 13.0 Å². The Kier molecular flexibility index (Phi) is 34.0. The molecule has 0 bridgehead atoms. The minimum atomic E-state index is -1.56. The highest BCUT2D eigenvalue weighted by Crippen LogP contribution is 2.22. The summed E-state index contributed by atoms with van der Waals surface area (Å²) in [6.07, 6.45) is 45.6. The molecule has 0 radical (unpaired) electrons. The molecule has 9 heteroatoms. The Balaban J connectivity index is 2.36. The van der Waals surface area contributed by atoms with E-state index in [0.717, 1.165) is 89.9 Å². The van der Waals surface area contributed by atoms with E-state index in [1.54, 1.807) is 0 Å². The van der Waals surface area contributed by atoms with Crippen molar-refractivity contribution in [3.05, 3.63) is 109 Å². The van der Waals surface area contributed by atoms with Gasteiger partial charge in [0, 0.05) is 13.0 Å². The Hall–Kier alpha value is -3.15. The summed E-state index contributed by atoms with van der Waals surface area (Å²) in [5.74, 6) is -0.409. The number of unbranched alkanes of at least 4 members (excludes halogenated alkanes) is 4. The monoisotopic (exact) mass is 783 g/mol. The molecule has 1 saturated heterocycles. The van der Waals surface area contributed by atoms with Crippen molar-refractivity contribution in [2.75, 3.05) is 26.4 Å². The zero-order valence-electron chi connectivity index (χ0n) is 34.3. The number of aliphatic hydroxyl groups excluding tert-OH is 4. The Morgan fingerprint density at radius 3 is 1.54 bits per heavy atom. The van der Waals surface area contributed by atoms with E-state index < -0.39 is 49.4 Å². The van der Waals surface area contributed by atoms with Crippen molar-refractivity contribution >= 4 is 5.97 Å². The molecule has 1 aliphatic heterocycles. The zero-order valence-corrected chi connectivity index (χ0v) is 34.3. The lowest BCUT2D eigenvalue weighted by atomic mass is 9.99. The van der Waals surface area contributed by atoms with Crippen LogP contribution in [0.4, 0.5) is 0 Å². The summed E-state index contributed by atoms with van der Waals surface area (Å²) in [6.45, 7) is 4.13. The number of allylic oxidation sites excluding steroid dienone is 18. The zero-order chi connectivity index (χ0) is 40.7. The van der Waals surface area contributed by atoms with E-state index >= 15 is 0 Å². The third kappa shape index (κ3) is 28.3. The number of aliphatic hydroxyl groups is 4. The SMILES string of the molecule is CC/C=C\C/C=C\C/C=C\C/C=C\C/C=C\CCCCCCOCC(COC1OC(CO)C(O)C(O)C1O)OC(=O)CC/C=C\C/C=C\C/C=C\C/C=C\CC. The first kappa shape index (κ1) is 50.9. The Morgan fingerprint density at radius 1 is 0.571 bits per heavy atom. The van der Waals surface area contributed by atoms with Crippen molar-refractivity contribution in [2.24, 2.45) is 0 Å². The van der Waals surface area contributed by atoms with Gasteiger partial charge in [0.05, 0.1) is 19.8 Å². The Bertz CT molecular complexity index is 1210. The number of ether oxygens (including phenoxy) is 4. The fraction of sp³-hybridized carbons (Fsp3) is 0.596. The largest absolute Gasteiger partial charge is 0.457 e. The minimum absolute atomic E-state index is 0.0904. The van der Waals surface area contributed by atoms with Crippen LogP contribution in [0.15, 0.2) is 109 Å². The van der Waals surface area contributed by atoms with Crippen molar-refractivity contribution < 1.29 is 44.2 Å². The summed E-state index contributed by atoms with van der Waals surface area (Å²) < 4.78 is 22.6. The van der Waals surface area contributed by atoms with Gasteiger partial charge >= 0.3 is 5.97 Å². The second-order valence-corrected chi connectivity index (χ2v) is 13.7. The second kappa shape index (κ2) is 37.4. The van der Waals surface area contributed by atoms with Crippen LogP contribution in [0.5, 0.6) is 0 Å². The maximum atomic E-state index is 12.7. The second-order valence-electron chi connectivity index (χ2n) is 13.7. The molecule has 316 valence electrons. The average molecular weight is 783 g/mol. The number of hydrogen-bond donors (Lipinski definition) is 4. The standard InChI is InChI=1S/C47H74O9/c1-3-5-7-9-11-13-15-17-18-19-20-21-22-23-25-27-29-31-33-35-37-53-39-41(40-54-47-46(52)45(51)44(50)42(38-48)56-47)55-43(49)36-34-32-30-28-26-24-16-14-12-10-8-6-4-2/h5-8,11-14,17-18,20-21,23-26,30,32,41-42,44-48,50-52H,3-4,9-10,15-16,19,22,27-29,31,33-40H2,1-2H3/b7-5-,8-6-,13-11-,14-12-,18-17-,21-20-,25-23-,26-24-,32-30-. The first-order valence-corrected chi connectivity index (χ1v) is 21.0. The quantitative estimate of drug-likeness (QED) is 0.0292. The van der Waals surface area contributed by atoms with Gasteiger partial charge in [0.25, 0.3) is 0 Å². The minimum Gasteiger partial charge on any atom is -0.457 e. The summed E-state index contributed by atoms with van der Waals surface area (Å²) in [4.78, 5) is 12.7. The van der Waals surface area contributed by atoms with Gasteiger partial charge in [-0.3, -0.25) is 4.79 Å². The third-order valence-electron chi connectivity index (χ3n) is 8.70. The van der Waals surface area contributed by atoms with E-state index in [1.807, 2.05) is 12.2 Å². The van der Waals surface area contributed by atoms with Crippen LogP contribution in [0.3, 0.4) is 0 Å². The third-order valence-corrected chi connectivity index (χ3v) is 8.70. The van der Waals surface area contributed by atoms with E-state index in [9.17, 15) is 25.2 Å². The molecule has 0 aromatic rings. The van der Waals surface area contributed by atoms with Gasteiger partial charge in [-0.1, -0.05) is 136 Å². The summed E-state index contributed by atoms with van der Waals surface area (Å²) in [7, 11) is 0. The fourth-order valence-electron chi connectivity index (χ4n) is 5.47. The molecular formula is C47H74O9. The lowest BCUT2D eigenvalue weighted by Gasteiger charge is -2.39. The van der Waals surface area contributed by atoms with Gasteiger partial charge in [-0.15, -0.1) is 0 Å². The predicted octanol–water partition coefficient (Wildman–Crippen LogP) is 9.02. The van der Waals surface area contributed by atoms with Gasteiger partial charge < -0.3 is 39.4 Å². The first-order chi connectivity index (χ1) is 27.4. The number of carbonyl (C=O) groups is 1. The molecule has 1 rings (SSSR count). The lowest BCUT2D eigenvalue weighted by molar-refractivity contribution is -0.305. The molecule has 9 nitrogen and oxygen atoms in total. The van der Waals surface area contributed by atoms with Crippen LogP contribution in [0.2, 0.25) is 0 Å². The number of esters is 1. The van der Waals surface area contributed by atoms with Crippen molar-refractivity contribution in [3.63, 3.8) is 0 Å². The van der Waals surface area contributed by atoms with Crippen LogP contribution in [-0.2, 0) is 23.7 Å². The van der Waals surface area contributed by atoms with Crippen LogP contribution in [-0.4, -0.2) is 89.6 Å². The molecule has 0 amide bonds.